The molecule has 0 unspecified atom stereocenters. The lowest BCUT2D eigenvalue weighted by Crippen LogP contribution is -2.44. The highest BCUT2D eigenvalue weighted by Gasteiger charge is 2.37. The highest BCUT2D eigenvalue weighted by Crippen LogP contribution is 2.24. The number of hydrogen-bond donors (Lipinski definition) is 1. The molecule has 5 nitrogen and oxygen atoms in total. The van der Waals surface area contributed by atoms with E-state index in [0.717, 1.165) is 18.8 Å². The van der Waals surface area contributed by atoms with Crippen molar-refractivity contribution in [2.24, 2.45) is 0 Å². The molecule has 104 valence electrons. The van der Waals surface area contributed by atoms with Crippen molar-refractivity contribution in [3.63, 3.8) is 0 Å². The Morgan fingerprint density at radius 2 is 2.33 bits per heavy atom. The maximum atomic E-state index is 11.7. The van der Waals surface area contributed by atoms with Gasteiger partial charge >= 0.3 is 5.97 Å². The molecule has 0 aliphatic carbocycles. The van der Waals surface area contributed by atoms with Crippen molar-refractivity contribution in [1.29, 1.82) is 0 Å². The highest BCUT2D eigenvalue weighted by atomic mass is 32.2. The molecule has 1 fully saturated rings. The number of hydrogen-bond acceptors (Lipinski definition) is 6. The van der Waals surface area contributed by atoms with Gasteiger partial charge < -0.3 is 14.5 Å². The molecule has 1 aliphatic heterocycles. The first-order chi connectivity index (χ1) is 8.60. The van der Waals surface area contributed by atoms with Crippen molar-refractivity contribution in [3.05, 3.63) is 0 Å². The fraction of sp³-hybridized carbons (Fsp3) is 0.818. The Labute approximate surface area is 118 Å². The van der Waals surface area contributed by atoms with E-state index in [2.05, 4.69) is 17.5 Å². The van der Waals surface area contributed by atoms with Gasteiger partial charge in [0.15, 0.2) is 0 Å². The van der Waals surface area contributed by atoms with Crippen LogP contribution in [0, 0.1) is 0 Å². The van der Waals surface area contributed by atoms with Gasteiger partial charge in [0, 0.05) is 31.1 Å². The topological polar surface area (TPSA) is 49.9 Å². The van der Waals surface area contributed by atoms with Gasteiger partial charge in [-0.3, -0.25) is 4.79 Å². The number of carbonyl (C=O) groups excluding carboxylic acids is 2. The lowest BCUT2D eigenvalue weighted by atomic mass is 10.3. The maximum absolute atomic E-state index is 11.7. The van der Waals surface area contributed by atoms with Crippen LogP contribution in [-0.4, -0.2) is 71.8 Å². The summed E-state index contributed by atoms with van der Waals surface area (Å²) in [6.07, 6.45) is 0. The Bertz CT molecular complexity index is 302. The van der Waals surface area contributed by atoms with Gasteiger partial charge in [0.2, 0.25) is 0 Å². The number of thiol groups is 1. The van der Waals surface area contributed by atoms with Crippen LogP contribution in [0.4, 0.5) is 4.79 Å². The molecule has 1 amide bonds. The lowest BCUT2D eigenvalue weighted by Gasteiger charge is -2.25. The summed E-state index contributed by atoms with van der Waals surface area (Å²) in [7, 11) is 1.98. The van der Waals surface area contributed by atoms with Gasteiger partial charge in [-0.05, 0) is 14.0 Å². The predicted molar refractivity (Wildman–Crippen MR) is 76.3 cm³/mol. The molecule has 0 radical (unpaired) electrons. The minimum Gasteiger partial charge on any atom is -0.464 e. The SMILES string of the molecule is CCOC(=O)[C@H]1CSC(=O)N1CCN(C)CCS. The Balaban J connectivity index is 2.49. The second kappa shape index (κ2) is 7.91. The third kappa shape index (κ3) is 4.37. The van der Waals surface area contributed by atoms with E-state index >= 15 is 0 Å². The average Bonchev–Trinajstić information content (AvgIpc) is 2.69. The van der Waals surface area contributed by atoms with Gasteiger partial charge in [0.1, 0.15) is 6.04 Å². The summed E-state index contributed by atoms with van der Waals surface area (Å²) < 4.78 is 4.99. The quantitative estimate of drug-likeness (QED) is 0.559. The summed E-state index contributed by atoms with van der Waals surface area (Å²) in [6.45, 7) is 4.28. The second-order valence-electron chi connectivity index (χ2n) is 4.07. The average molecular weight is 292 g/mol. The third-order valence-corrected chi connectivity index (χ3v) is 3.90. The molecule has 18 heavy (non-hydrogen) atoms. The molecule has 1 atom stereocenters. The Morgan fingerprint density at radius 1 is 1.61 bits per heavy atom. The third-order valence-electron chi connectivity index (χ3n) is 2.74. The Kier molecular flexibility index (Phi) is 6.88. The first-order valence-electron chi connectivity index (χ1n) is 5.99. The zero-order valence-electron chi connectivity index (χ0n) is 10.8. The van der Waals surface area contributed by atoms with E-state index in [0.29, 0.717) is 18.9 Å². The molecular weight excluding hydrogens is 272 g/mol. The van der Waals surface area contributed by atoms with Gasteiger partial charge in [-0.25, -0.2) is 4.79 Å². The van der Waals surface area contributed by atoms with E-state index in [1.807, 2.05) is 7.05 Å². The maximum Gasteiger partial charge on any atom is 0.329 e. The second-order valence-corrected chi connectivity index (χ2v) is 5.48. The summed E-state index contributed by atoms with van der Waals surface area (Å²) in [6, 6.07) is -0.424. The van der Waals surface area contributed by atoms with Crippen molar-refractivity contribution in [2.75, 3.05) is 44.8 Å². The number of thioether (sulfide) groups is 1. The van der Waals surface area contributed by atoms with Crippen LogP contribution in [0.15, 0.2) is 0 Å². The van der Waals surface area contributed by atoms with Crippen LogP contribution in [0.2, 0.25) is 0 Å². The number of amides is 1. The largest absolute Gasteiger partial charge is 0.464 e. The molecule has 0 spiro atoms. The van der Waals surface area contributed by atoms with Crippen molar-refractivity contribution in [1.82, 2.24) is 9.80 Å². The number of carbonyl (C=O) groups is 2. The molecule has 0 saturated carbocycles. The summed E-state index contributed by atoms with van der Waals surface area (Å²) in [5, 5.41) is -0.0349. The molecule has 7 heteroatoms. The van der Waals surface area contributed by atoms with Crippen LogP contribution in [0.25, 0.3) is 0 Å². The van der Waals surface area contributed by atoms with Gasteiger partial charge in [-0.2, -0.15) is 12.6 Å². The van der Waals surface area contributed by atoms with Crippen LogP contribution in [0.1, 0.15) is 6.92 Å². The van der Waals surface area contributed by atoms with Gasteiger partial charge in [-0.15, -0.1) is 0 Å². The minimum atomic E-state index is -0.424. The fourth-order valence-electron chi connectivity index (χ4n) is 1.69. The first-order valence-corrected chi connectivity index (χ1v) is 7.61. The van der Waals surface area contributed by atoms with Crippen LogP contribution < -0.4 is 0 Å². The number of nitrogens with zero attached hydrogens (tertiary/aromatic N) is 2. The Hall–Kier alpha value is -0.400. The van der Waals surface area contributed by atoms with E-state index in [1.165, 1.54) is 11.8 Å². The molecule has 1 saturated heterocycles. The van der Waals surface area contributed by atoms with E-state index in [1.54, 1.807) is 11.8 Å². The number of ether oxygens (including phenoxy) is 1. The summed E-state index contributed by atoms with van der Waals surface area (Å²) in [5.74, 6) is 0.974. The van der Waals surface area contributed by atoms with E-state index in [4.69, 9.17) is 4.74 Å². The van der Waals surface area contributed by atoms with Gasteiger partial charge in [-0.1, -0.05) is 11.8 Å². The smallest absolute Gasteiger partial charge is 0.329 e. The Morgan fingerprint density at radius 3 is 2.94 bits per heavy atom. The molecular formula is C11H20N2O3S2. The zero-order chi connectivity index (χ0) is 13.5. The molecule has 0 aromatic rings. The summed E-state index contributed by atoms with van der Waals surface area (Å²) in [4.78, 5) is 27.1. The van der Waals surface area contributed by atoms with Gasteiger partial charge in [0.25, 0.3) is 5.24 Å². The fourth-order valence-corrected chi connectivity index (χ4v) is 3.03. The standard InChI is InChI=1S/C11H20N2O3S2/c1-3-16-10(14)9-8-18-11(15)13(9)5-4-12(2)6-7-17/h9,17H,3-8H2,1-2H3/t9-/m1/s1. The van der Waals surface area contributed by atoms with Crippen molar-refractivity contribution >= 4 is 35.6 Å². The summed E-state index contributed by atoms with van der Waals surface area (Å²) >= 11 is 5.34. The molecule has 0 aromatic carbocycles. The summed E-state index contributed by atoms with van der Waals surface area (Å²) in [5.41, 5.74) is 0. The molecule has 1 aliphatic rings. The highest BCUT2D eigenvalue weighted by molar-refractivity contribution is 8.13. The van der Waals surface area contributed by atoms with Crippen molar-refractivity contribution in [3.8, 4) is 0 Å². The van der Waals surface area contributed by atoms with E-state index < -0.39 is 6.04 Å². The molecule has 1 heterocycles. The van der Waals surface area contributed by atoms with Crippen molar-refractivity contribution < 1.29 is 14.3 Å². The molecule has 0 bridgehead atoms. The molecule has 0 aromatic heterocycles. The number of esters is 1. The number of rotatable bonds is 7. The van der Waals surface area contributed by atoms with E-state index in [9.17, 15) is 9.59 Å². The first kappa shape index (κ1) is 15.7. The van der Waals surface area contributed by atoms with Crippen LogP contribution in [0.3, 0.4) is 0 Å². The normalized spacial score (nSPS) is 19.7. The van der Waals surface area contributed by atoms with Crippen LogP contribution in [0.5, 0.6) is 0 Å². The van der Waals surface area contributed by atoms with Gasteiger partial charge in [0.05, 0.1) is 6.61 Å². The molecule has 0 N–H and O–H groups in total. The lowest BCUT2D eigenvalue weighted by molar-refractivity contribution is -0.147. The number of likely N-dealkylation sites (N-methyl/N-ethyl adjacent to an activating group) is 1. The monoisotopic (exact) mass is 292 g/mol. The zero-order valence-corrected chi connectivity index (χ0v) is 12.5. The molecule has 1 rings (SSSR count). The van der Waals surface area contributed by atoms with Crippen LogP contribution in [-0.2, 0) is 9.53 Å². The van der Waals surface area contributed by atoms with Crippen LogP contribution >= 0.6 is 24.4 Å². The predicted octanol–water partition coefficient (Wildman–Crippen LogP) is 0.948. The van der Waals surface area contributed by atoms with Crippen molar-refractivity contribution in [2.45, 2.75) is 13.0 Å². The van der Waals surface area contributed by atoms with E-state index in [-0.39, 0.29) is 11.2 Å². The minimum absolute atomic E-state index is 0.0349.